The van der Waals surface area contributed by atoms with E-state index in [1.807, 2.05) is 43.3 Å². The van der Waals surface area contributed by atoms with Crippen LogP contribution in [0.2, 0.25) is 10.0 Å². The van der Waals surface area contributed by atoms with E-state index in [2.05, 4.69) is 0 Å². The molecule has 0 saturated carbocycles. The first kappa shape index (κ1) is 14.5. The molecule has 0 saturated heterocycles. The molecule has 19 heavy (non-hydrogen) atoms. The number of para-hydroxylation sites is 2. The molecule has 2 rings (SSSR count). The number of hydrogen-bond donors (Lipinski definition) is 0. The molecule has 0 aliphatic rings. The van der Waals surface area contributed by atoms with Crippen LogP contribution in [0.25, 0.3) is 0 Å². The molecule has 0 fully saturated rings. The van der Waals surface area contributed by atoms with Gasteiger partial charge in [-0.1, -0.05) is 54.4 Å². The molecule has 0 heterocycles. The fourth-order valence-electron chi connectivity index (χ4n) is 1.40. The van der Waals surface area contributed by atoms with E-state index in [4.69, 9.17) is 32.2 Å². The van der Waals surface area contributed by atoms with Crippen LogP contribution in [0.1, 0.15) is 6.92 Å². The van der Waals surface area contributed by atoms with Crippen molar-refractivity contribution in [3.63, 3.8) is 0 Å². The SMILES string of the molecule is CCP(Oc1ccccc1Cl)Oc1ccccc1Cl. The highest BCUT2D eigenvalue weighted by atomic mass is 35.5. The Kier molecular flexibility index (Phi) is 5.33. The Bertz CT molecular complexity index is 501. The lowest BCUT2D eigenvalue weighted by molar-refractivity contribution is 0.491. The summed E-state index contributed by atoms with van der Waals surface area (Å²) in [5, 5.41) is 1.15. The molecule has 5 heteroatoms. The van der Waals surface area contributed by atoms with E-state index in [-0.39, 0.29) is 0 Å². The summed E-state index contributed by atoms with van der Waals surface area (Å²) in [6.45, 7) is 2.00. The third kappa shape index (κ3) is 4.01. The van der Waals surface area contributed by atoms with Gasteiger partial charge in [-0.15, -0.1) is 0 Å². The van der Waals surface area contributed by atoms with Gasteiger partial charge in [-0.2, -0.15) is 0 Å². The highest BCUT2D eigenvalue weighted by Crippen LogP contribution is 2.43. The van der Waals surface area contributed by atoms with Crippen LogP contribution in [-0.2, 0) is 0 Å². The lowest BCUT2D eigenvalue weighted by atomic mass is 10.3. The monoisotopic (exact) mass is 314 g/mol. The Morgan fingerprint density at radius 2 is 1.26 bits per heavy atom. The summed E-state index contributed by atoms with van der Waals surface area (Å²) in [5.41, 5.74) is 0. The van der Waals surface area contributed by atoms with Crippen LogP contribution in [0.15, 0.2) is 48.5 Å². The summed E-state index contributed by atoms with van der Waals surface area (Å²) in [5.74, 6) is 1.26. The van der Waals surface area contributed by atoms with E-state index in [1.54, 1.807) is 12.1 Å². The minimum absolute atomic E-state index is 0.575. The van der Waals surface area contributed by atoms with E-state index in [9.17, 15) is 0 Å². The predicted octanol–water partition coefficient (Wildman–Crippen LogP) is 5.78. The van der Waals surface area contributed by atoms with Crippen LogP contribution in [0.5, 0.6) is 11.5 Å². The second kappa shape index (κ2) is 7.00. The summed E-state index contributed by atoms with van der Waals surface area (Å²) in [6, 6.07) is 14.7. The van der Waals surface area contributed by atoms with Crippen LogP contribution in [0.3, 0.4) is 0 Å². The van der Waals surface area contributed by atoms with Gasteiger partial charge in [0.1, 0.15) is 11.5 Å². The summed E-state index contributed by atoms with van der Waals surface area (Å²) in [4.78, 5) is 0. The Morgan fingerprint density at radius 3 is 1.63 bits per heavy atom. The lowest BCUT2D eigenvalue weighted by Crippen LogP contribution is -1.98. The van der Waals surface area contributed by atoms with Crippen molar-refractivity contribution in [1.29, 1.82) is 0 Å². The van der Waals surface area contributed by atoms with E-state index in [0.717, 1.165) is 6.16 Å². The van der Waals surface area contributed by atoms with Crippen molar-refractivity contribution in [3.05, 3.63) is 58.6 Å². The zero-order valence-electron chi connectivity index (χ0n) is 10.3. The van der Waals surface area contributed by atoms with Crippen molar-refractivity contribution in [2.24, 2.45) is 0 Å². The van der Waals surface area contributed by atoms with E-state index < -0.39 is 8.38 Å². The van der Waals surface area contributed by atoms with Crippen LogP contribution < -0.4 is 9.05 Å². The van der Waals surface area contributed by atoms with Gasteiger partial charge in [-0.05, 0) is 24.3 Å². The van der Waals surface area contributed by atoms with E-state index in [0.29, 0.717) is 21.5 Å². The first-order chi connectivity index (χ1) is 9.20. The highest BCUT2D eigenvalue weighted by Gasteiger charge is 2.15. The summed E-state index contributed by atoms with van der Waals surface area (Å²) in [6.07, 6.45) is 0.742. The normalized spacial score (nSPS) is 10.5. The van der Waals surface area contributed by atoms with Crippen LogP contribution in [0.4, 0.5) is 0 Å². The highest BCUT2D eigenvalue weighted by molar-refractivity contribution is 7.48. The van der Waals surface area contributed by atoms with Gasteiger partial charge in [0.25, 0.3) is 8.38 Å². The van der Waals surface area contributed by atoms with E-state index in [1.165, 1.54) is 0 Å². The molecule has 0 aliphatic carbocycles. The average molecular weight is 315 g/mol. The first-order valence-electron chi connectivity index (χ1n) is 5.83. The standard InChI is InChI=1S/C14H13Cl2O2P/c1-2-19(17-13-9-5-3-7-11(13)15)18-14-10-6-4-8-12(14)16/h3-10H,2H2,1H3. The third-order valence-electron chi connectivity index (χ3n) is 2.33. The van der Waals surface area contributed by atoms with Crippen molar-refractivity contribution < 1.29 is 9.05 Å². The number of halogens is 2. The van der Waals surface area contributed by atoms with Gasteiger partial charge >= 0.3 is 0 Å². The zero-order chi connectivity index (χ0) is 13.7. The Hall–Kier alpha value is -0.950. The van der Waals surface area contributed by atoms with Gasteiger partial charge < -0.3 is 9.05 Å². The fourth-order valence-corrected chi connectivity index (χ4v) is 2.91. The molecule has 2 aromatic rings. The molecule has 0 N–H and O–H groups in total. The maximum absolute atomic E-state index is 6.06. The maximum Gasteiger partial charge on any atom is 0.290 e. The molecular weight excluding hydrogens is 302 g/mol. The lowest BCUT2D eigenvalue weighted by Gasteiger charge is -2.18. The number of rotatable bonds is 5. The maximum atomic E-state index is 6.06. The average Bonchev–Trinajstić information content (AvgIpc) is 2.42. The Labute approximate surface area is 124 Å². The number of hydrogen-bond acceptors (Lipinski definition) is 2. The Balaban J connectivity index is 2.09. The van der Waals surface area contributed by atoms with Crippen LogP contribution >= 0.6 is 31.6 Å². The topological polar surface area (TPSA) is 18.5 Å². The van der Waals surface area contributed by atoms with Gasteiger partial charge in [-0.3, -0.25) is 0 Å². The predicted molar refractivity (Wildman–Crippen MR) is 81.6 cm³/mol. The van der Waals surface area contributed by atoms with Gasteiger partial charge in [0.2, 0.25) is 0 Å². The molecule has 0 spiro atoms. The summed E-state index contributed by atoms with van der Waals surface area (Å²) >= 11 is 12.1. The minimum Gasteiger partial charge on any atom is -0.437 e. The molecule has 0 radical (unpaired) electrons. The molecule has 2 nitrogen and oxygen atoms in total. The molecule has 0 amide bonds. The second-order valence-corrected chi connectivity index (χ2v) is 6.17. The largest absolute Gasteiger partial charge is 0.437 e. The van der Waals surface area contributed by atoms with Crippen LogP contribution in [-0.4, -0.2) is 6.16 Å². The first-order valence-corrected chi connectivity index (χ1v) is 7.95. The molecule has 0 aliphatic heterocycles. The fraction of sp³-hybridized carbons (Fsp3) is 0.143. The number of benzene rings is 2. The van der Waals surface area contributed by atoms with Gasteiger partial charge in [0.15, 0.2) is 0 Å². The molecule has 2 aromatic carbocycles. The quantitative estimate of drug-likeness (QED) is 0.651. The van der Waals surface area contributed by atoms with Gasteiger partial charge in [0.05, 0.1) is 10.0 Å². The van der Waals surface area contributed by atoms with Gasteiger partial charge in [-0.25, -0.2) is 0 Å². The zero-order valence-corrected chi connectivity index (χ0v) is 12.8. The summed E-state index contributed by atoms with van der Waals surface area (Å²) < 4.78 is 11.6. The molecule has 100 valence electrons. The van der Waals surface area contributed by atoms with Gasteiger partial charge in [0, 0.05) is 6.16 Å². The summed E-state index contributed by atoms with van der Waals surface area (Å²) in [7, 11) is -1.11. The van der Waals surface area contributed by atoms with Crippen molar-refractivity contribution in [2.45, 2.75) is 6.92 Å². The smallest absolute Gasteiger partial charge is 0.290 e. The van der Waals surface area contributed by atoms with Crippen molar-refractivity contribution in [2.75, 3.05) is 6.16 Å². The third-order valence-corrected chi connectivity index (χ3v) is 4.27. The molecule has 0 unspecified atom stereocenters. The Morgan fingerprint density at radius 1 is 0.842 bits per heavy atom. The molecule has 0 bridgehead atoms. The molecular formula is C14H13Cl2O2P. The van der Waals surface area contributed by atoms with Crippen molar-refractivity contribution in [3.8, 4) is 11.5 Å². The molecule has 0 atom stereocenters. The van der Waals surface area contributed by atoms with Crippen molar-refractivity contribution in [1.82, 2.24) is 0 Å². The molecule has 0 aromatic heterocycles. The van der Waals surface area contributed by atoms with Crippen LogP contribution in [0, 0.1) is 0 Å². The van der Waals surface area contributed by atoms with E-state index >= 15 is 0 Å². The minimum atomic E-state index is -1.11. The second-order valence-electron chi connectivity index (χ2n) is 3.69. The van der Waals surface area contributed by atoms with Crippen molar-refractivity contribution >= 4 is 31.6 Å².